The van der Waals surface area contributed by atoms with Gasteiger partial charge in [0.15, 0.2) is 0 Å². The minimum absolute atomic E-state index is 0.0636. The summed E-state index contributed by atoms with van der Waals surface area (Å²) in [5.74, 6) is 0. The van der Waals surface area contributed by atoms with Gasteiger partial charge in [0.2, 0.25) is 0 Å². The highest BCUT2D eigenvalue weighted by Gasteiger charge is 2.26. The van der Waals surface area contributed by atoms with Gasteiger partial charge in [0.05, 0.1) is 5.71 Å². The van der Waals surface area contributed by atoms with Crippen molar-refractivity contribution in [2.24, 2.45) is 5.16 Å². The first-order chi connectivity index (χ1) is 11.6. The summed E-state index contributed by atoms with van der Waals surface area (Å²) < 4.78 is 34.3. The normalized spacial score (nSPS) is 15.7. The van der Waals surface area contributed by atoms with Gasteiger partial charge in [0, 0.05) is 25.9 Å². The molecule has 0 spiro atoms. The van der Waals surface area contributed by atoms with Crippen LogP contribution in [0.5, 0.6) is 0 Å². The van der Waals surface area contributed by atoms with Crippen LogP contribution in [-0.2, 0) is 19.1 Å². The first-order valence-corrected chi connectivity index (χ1v) is 9.52. The van der Waals surface area contributed by atoms with Crippen molar-refractivity contribution >= 4 is 21.9 Å². The number of hydrogen-bond acceptors (Lipinski definition) is 6. The molecule has 0 saturated carbocycles. The average Bonchev–Trinajstić information content (AvgIpc) is 2.52. The highest BCUT2D eigenvalue weighted by Crippen LogP contribution is 2.17. The molecular weight excluding hydrogens is 344 g/mol. The number of ether oxygens (including phenoxy) is 1. The third kappa shape index (κ3) is 5.74. The molecule has 1 saturated heterocycles. The molecule has 0 unspecified atom stereocenters. The van der Waals surface area contributed by atoms with Crippen LogP contribution in [0.15, 0.2) is 34.3 Å². The van der Waals surface area contributed by atoms with Gasteiger partial charge in [-0.05, 0) is 39.8 Å². The second-order valence-electron chi connectivity index (χ2n) is 6.97. The van der Waals surface area contributed by atoms with Crippen molar-refractivity contribution in [1.82, 2.24) is 4.90 Å². The van der Waals surface area contributed by atoms with Gasteiger partial charge in [-0.25, -0.2) is 4.79 Å². The largest absolute Gasteiger partial charge is 0.444 e. The van der Waals surface area contributed by atoms with Crippen LogP contribution in [0.2, 0.25) is 0 Å². The van der Waals surface area contributed by atoms with E-state index < -0.39 is 15.7 Å². The summed E-state index contributed by atoms with van der Waals surface area (Å²) in [5.41, 5.74) is 1.02. The Morgan fingerprint density at radius 1 is 1.12 bits per heavy atom. The van der Waals surface area contributed by atoms with Gasteiger partial charge in [0.25, 0.3) is 0 Å². The van der Waals surface area contributed by atoms with Crippen LogP contribution in [0, 0.1) is 6.92 Å². The van der Waals surface area contributed by atoms with Crippen molar-refractivity contribution in [3.8, 4) is 0 Å². The van der Waals surface area contributed by atoms with Gasteiger partial charge in [0.1, 0.15) is 10.5 Å². The van der Waals surface area contributed by atoms with Gasteiger partial charge in [-0.2, -0.15) is 8.42 Å². The molecule has 8 heteroatoms. The molecule has 0 radical (unpaired) electrons. The molecule has 0 bridgehead atoms. The van der Waals surface area contributed by atoms with E-state index in [0.717, 1.165) is 5.56 Å². The Morgan fingerprint density at radius 3 is 2.20 bits per heavy atom. The van der Waals surface area contributed by atoms with Gasteiger partial charge >= 0.3 is 16.2 Å². The number of oxime groups is 1. The molecule has 0 N–H and O–H groups in total. The molecule has 1 aliphatic rings. The van der Waals surface area contributed by atoms with E-state index >= 15 is 0 Å². The van der Waals surface area contributed by atoms with Crippen LogP contribution in [0.3, 0.4) is 0 Å². The predicted octanol–water partition coefficient (Wildman–Crippen LogP) is 3.09. The Balaban J connectivity index is 1.92. The maximum Gasteiger partial charge on any atom is 0.410 e. The lowest BCUT2D eigenvalue weighted by atomic mass is 10.1. The van der Waals surface area contributed by atoms with Crippen LogP contribution in [0.4, 0.5) is 4.79 Å². The van der Waals surface area contributed by atoms with E-state index in [1.165, 1.54) is 12.1 Å². The first kappa shape index (κ1) is 19.2. The predicted molar refractivity (Wildman–Crippen MR) is 93.9 cm³/mol. The van der Waals surface area contributed by atoms with E-state index in [2.05, 4.69) is 5.16 Å². The zero-order valence-corrected chi connectivity index (χ0v) is 15.8. The van der Waals surface area contributed by atoms with Crippen LogP contribution < -0.4 is 0 Å². The van der Waals surface area contributed by atoms with E-state index in [4.69, 9.17) is 9.02 Å². The summed E-state index contributed by atoms with van der Waals surface area (Å²) >= 11 is 0. The number of amides is 1. The van der Waals surface area contributed by atoms with Gasteiger partial charge in [-0.15, -0.1) is 0 Å². The second kappa shape index (κ2) is 7.43. The molecule has 0 aliphatic carbocycles. The van der Waals surface area contributed by atoms with Crippen LogP contribution in [0.25, 0.3) is 0 Å². The molecule has 25 heavy (non-hydrogen) atoms. The molecule has 138 valence electrons. The summed E-state index contributed by atoms with van der Waals surface area (Å²) in [6.07, 6.45) is 0.519. The molecule has 1 aliphatic heterocycles. The Labute approximate surface area is 148 Å². The maximum atomic E-state index is 12.1. The van der Waals surface area contributed by atoms with E-state index in [0.29, 0.717) is 31.6 Å². The monoisotopic (exact) mass is 368 g/mol. The average molecular weight is 368 g/mol. The number of rotatable bonds is 3. The molecule has 1 aromatic rings. The number of benzene rings is 1. The van der Waals surface area contributed by atoms with E-state index in [9.17, 15) is 13.2 Å². The number of nitrogens with zero attached hydrogens (tertiary/aromatic N) is 2. The van der Waals surface area contributed by atoms with Crippen molar-refractivity contribution < 1.29 is 22.2 Å². The number of aryl methyl sites for hydroxylation is 1. The topological polar surface area (TPSA) is 85.3 Å². The quantitative estimate of drug-likeness (QED) is 0.765. The zero-order chi connectivity index (χ0) is 18.7. The molecule has 0 aromatic heterocycles. The van der Waals surface area contributed by atoms with Crippen LogP contribution in [0.1, 0.15) is 39.2 Å². The lowest BCUT2D eigenvalue weighted by Gasteiger charge is -2.30. The van der Waals surface area contributed by atoms with Crippen molar-refractivity contribution in [3.05, 3.63) is 29.8 Å². The molecule has 7 nitrogen and oxygen atoms in total. The van der Waals surface area contributed by atoms with Gasteiger partial charge in [-0.3, -0.25) is 4.28 Å². The minimum atomic E-state index is -3.92. The smallest absolute Gasteiger partial charge is 0.410 e. The number of likely N-dealkylation sites (tertiary alicyclic amines) is 1. The summed E-state index contributed by atoms with van der Waals surface area (Å²) in [7, 11) is -3.92. The summed E-state index contributed by atoms with van der Waals surface area (Å²) in [5, 5.41) is 3.77. The minimum Gasteiger partial charge on any atom is -0.444 e. The van der Waals surface area contributed by atoms with Gasteiger partial charge < -0.3 is 9.64 Å². The third-order valence-electron chi connectivity index (χ3n) is 3.57. The lowest BCUT2D eigenvalue weighted by molar-refractivity contribution is 0.0248. The zero-order valence-electron chi connectivity index (χ0n) is 15.0. The number of carbonyl (C=O) groups is 1. The molecule has 0 atom stereocenters. The summed E-state index contributed by atoms with van der Waals surface area (Å²) in [6.45, 7) is 8.14. The Morgan fingerprint density at radius 2 is 1.68 bits per heavy atom. The lowest BCUT2D eigenvalue weighted by Crippen LogP contribution is -2.41. The Bertz CT molecular complexity index is 738. The Hall–Kier alpha value is -2.09. The Kier molecular flexibility index (Phi) is 5.72. The van der Waals surface area contributed by atoms with Crippen molar-refractivity contribution in [1.29, 1.82) is 0 Å². The maximum absolute atomic E-state index is 12.1. The van der Waals surface area contributed by atoms with E-state index in [1.807, 2.05) is 27.7 Å². The standard InChI is InChI=1S/C17H24N2O5S/c1-13-5-7-15(8-6-13)25(21,22)24-18-14-9-11-19(12-10-14)16(20)23-17(2,3)4/h5-8H,9-12H2,1-4H3. The van der Waals surface area contributed by atoms with Gasteiger partial charge in [-0.1, -0.05) is 22.9 Å². The fourth-order valence-electron chi connectivity index (χ4n) is 2.21. The molecule has 1 amide bonds. The fraction of sp³-hybridized carbons (Fsp3) is 0.529. The van der Waals surface area contributed by atoms with E-state index in [1.54, 1.807) is 17.0 Å². The molecule has 1 fully saturated rings. The summed E-state index contributed by atoms with van der Waals surface area (Å²) in [6, 6.07) is 6.36. The molecule has 2 rings (SSSR count). The fourth-order valence-corrected chi connectivity index (χ4v) is 2.97. The third-order valence-corrected chi connectivity index (χ3v) is 4.69. The first-order valence-electron chi connectivity index (χ1n) is 8.11. The molecule has 1 aromatic carbocycles. The highest BCUT2D eigenvalue weighted by molar-refractivity contribution is 7.86. The number of hydrogen-bond donors (Lipinski definition) is 0. The van der Waals surface area contributed by atoms with Crippen molar-refractivity contribution in [2.45, 2.75) is 51.0 Å². The molecular formula is C17H24N2O5S. The van der Waals surface area contributed by atoms with Crippen molar-refractivity contribution in [2.75, 3.05) is 13.1 Å². The van der Waals surface area contributed by atoms with Crippen LogP contribution in [-0.4, -0.2) is 43.8 Å². The number of piperidine rings is 1. The second-order valence-corrected chi connectivity index (χ2v) is 8.50. The van der Waals surface area contributed by atoms with Crippen molar-refractivity contribution in [3.63, 3.8) is 0 Å². The van der Waals surface area contributed by atoms with E-state index in [-0.39, 0.29) is 11.0 Å². The number of carbonyl (C=O) groups excluding carboxylic acids is 1. The van der Waals surface area contributed by atoms with Crippen LogP contribution >= 0.6 is 0 Å². The highest BCUT2D eigenvalue weighted by atomic mass is 32.2. The molecule has 1 heterocycles. The SMILES string of the molecule is Cc1ccc(S(=O)(=O)ON=C2CCN(C(=O)OC(C)(C)C)CC2)cc1. The summed E-state index contributed by atoms with van der Waals surface area (Å²) in [4.78, 5) is 13.6.